The van der Waals surface area contributed by atoms with E-state index in [0.29, 0.717) is 32.7 Å². The summed E-state index contributed by atoms with van der Waals surface area (Å²) >= 11 is 0. The number of hydrogen-bond donors (Lipinski definition) is 0. The molecule has 0 spiro atoms. The van der Waals surface area contributed by atoms with Crippen molar-refractivity contribution in [2.24, 2.45) is 0 Å². The van der Waals surface area contributed by atoms with Crippen molar-refractivity contribution < 1.29 is 0 Å². The van der Waals surface area contributed by atoms with E-state index in [1.165, 1.54) is 5.39 Å². The largest absolute Gasteiger partial charge is 0.113 e. The molecule has 0 N–H and O–H groups in total. The quantitative estimate of drug-likeness (QED) is 0.152. The summed E-state index contributed by atoms with van der Waals surface area (Å²) in [5.74, 6) is 0. The summed E-state index contributed by atoms with van der Waals surface area (Å²) in [4.78, 5) is 0. The second-order valence-electron chi connectivity index (χ2n) is 14.3. The fourth-order valence-electron chi connectivity index (χ4n) is 8.44. The Hall–Kier alpha value is -5.46. The highest BCUT2D eigenvalue weighted by Gasteiger charge is 2.25. The van der Waals surface area contributed by atoms with E-state index < -0.39 is 0 Å². The van der Waals surface area contributed by atoms with Crippen molar-refractivity contribution in [1.82, 2.24) is 0 Å². The molecular weight excluding hydrogens is 651 g/mol. The molecule has 16 radical (unpaired) electrons. The molecule has 0 aliphatic carbocycles. The molecule has 8 heteroatoms. The van der Waals surface area contributed by atoms with Gasteiger partial charge in [-0.05, 0) is 123 Å². The van der Waals surface area contributed by atoms with Crippen LogP contribution < -0.4 is 43.7 Å². The van der Waals surface area contributed by atoms with Crippen LogP contribution in [-0.4, -0.2) is 62.8 Å². The highest BCUT2D eigenvalue weighted by atomic mass is 14.3. The Morgan fingerprint density at radius 1 is 0.400 bits per heavy atom. The van der Waals surface area contributed by atoms with Crippen LogP contribution in [0.25, 0.3) is 93.3 Å². The van der Waals surface area contributed by atoms with Gasteiger partial charge in [-0.15, -0.1) is 21.9 Å². The predicted molar refractivity (Wildman–Crippen MR) is 248 cm³/mol. The standard InChI is InChI=1S/C47H24B8/c1-3-23-14-15-27(18-22(23)2)25-10-6-11-29(20-25)34-36-38(42(50)46(54)44(52)40(36)48)35(39-37(34)41(49)45(53)47(55)43(39)51)32-13-7-12-30-31(32)17-16-28-19-24-8-4-5-9-26(24)21-33(28)30/h3-21H,1H2,2H3. The Bertz CT molecular complexity index is 3080. The van der Waals surface area contributed by atoms with Gasteiger partial charge in [0.2, 0.25) is 0 Å². The van der Waals surface area contributed by atoms with Gasteiger partial charge in [0.15, 0.2) is 0 Å². The maximum absolute atomic E-state index is 7.09. The number of rotatable bonds is 4. The minimum Gasteiger partial charge on any atom is -0.110 e. The van der Waals surface area contributed by atoms with E-state index in [4.69, 9.17) is 62.8 Å². The number of aryl methyl sites for hydroxylation is 1. The van der Waals surface area contributed by atoms with E-state index in [0.717, 1.165) is 60.3 Å². The van der Waals surface area contributed by atoms with Crippen LogP contribution in [0.15, 0.2) is 116 Å². The van der Waals surface area contributed by atoms with E-state index >= 15 is 0 Å². The highest BCUT2D eigenvalue weighted by molar-refractivity contribution is 6.71. The third-order valence-electron chi connectivity index (χ3n) is 11.3. The lowest BCUT2D eigenvalue weighted by Gasteiger charge is -2.29. The average molecular weight is 675 g/mol. The van der Waals surface area contributed by atoms with Crippen LogP contribution in [0.1, 0.15) is 11.1 Å². The molecule has 0 aromatic heterocycles. The molecule has 0 aliphatic rings. The molecule has 0 saturated heterocycles. The van der Waals surface area contributed by atoms with Crippen molar-refractivity contribution in [2.75, 3.05) is 0 Å². The monoisotopic (exact) mass is 676 g/mol. The molecular formula is C47H24B8. The molecule has 9 aromatic carbocycles. The molecule has 0 unspecified atom stereocenters. The van der Waals surface area contributed by atoms with Crippen molar-refractivity contribution in [2.45, 2.75) is 6.92 Å². The summed E-state index contributed by atoms with van der Waals surface area (Å²) in [6.45, 7) is 6.02. The Morgan fingerprint density at radius 2 is 0.945 bits per heavy atom. The zero-order valence-electron chi connectivity index (χ0n) is 30.3. The second kappa shape index (κ2) is 13.1. The molecule has 0 saturated carbocycles. The first kappa shape index (κ1) is 35.3. The van der Waals surface area contributed by atoms with Crippen molar-refractivity contribution in [3.8, 4) is 33.4 Å². The van der Waals surface area contributed by atoms with Gasteiger partial charge in [0.05, 0.1) is 0 Å². The second-order valence-corrected chi connectivity index (χ2v) is 14.3. The number of hydrogen-bond acceptors (Lipinski definition) is 0. The maximum Gasteiger partial charge on any atom is 0.113 e. The van der Waals surface area contributed by atoms with Crippen molar-refractivity contribution >= 4 is 166 Å². The number of benzene rings is 9. The molecule has 0 amide bonds. The summed E-state index contributed by atoms with van der Waals surface area (Å²) in [5.41, 5.74) is 8.92. The van der Waals surface area contributed by atoms with Crippen LogP contribution in [-0.2, 0) is 0 Å². The lowest BCUT2D eigenvalue weighted by molar-refractivity contribution is 1.44. The Balaban J connectivity index is 1.48. The Labute approximate surface area is 332 Å². The van der Waals surface area contributed by atoms with Gasteiger partial charge in [0.25, 0.3) is 0 Å². The van der Waals surface area contributed by atoms with Gasteiger partial charge in [-0.2, -0.15) is 0 Å². The molecule has 0 atom stereocenters. The van der Waals surface area contributed by atoms with E-state index in [1.807, 2.05) is 42.5 Å². The summed E-state index contributed by atoms with van der Waals surface area (Å²) in [5, 5.41) is 8.87. The normalized spacial score (nSPS) is 11.7. The molecule has 9 aromatic rings. The number of fused-ring (bicyclic) bond motifs is 6. The van der Waals surface area contributed by atoms with Crippen LogP contribution in [0.2, 0.25) is 0 Å². The third kappa shape index (κ3) is 5.25. The fraction of sp³-hybridized carbons (Fsp3) is 0.0213. The Kier molecular flexibility index (Phi) is 8.39. The smallest absolute Gasteiger partial charge is 0.110 e. The first-order chi connectivity index (χ1) is 26.5. The van der Waals surface area contributed by atoms with E-state index in [1.54, 1.807) is 0 Å². The van der Waals surface area contributed by atoms with Crippen LogP contribution in [0.5, 0.6) is 0 Å². The van der Waals surface area contributed by atoms with Crippen LogP contribution in [0.3, 0.4) is 0 Å². The SMILES string of the molecule is [B]c1c([B])c([B])c2c(-c3cccc4c3ccc3cc5ccccc5cc34)c3c([B])c([B])c([B])c([B])c3c(-c3cccc(-c4ccc(C=C)c(C)c4)c3)c2c1[B]. The lowest BCUT2D eigenvalue weighted by atomic mass is 9.59. The molecule has 236 valence electrons. The first-order valence-electron chi connectivity index (χ1n) is 18.0. The summed E-state index contributed by atoms with van der Waals surface area (Å²) < 4.78 is 0. The van der Waals surface area contributed by atoms with Crippen LogP contribution in [0.4, 0.5) is 0 Å². The van der Waals surface area contributed by atoms with Crippen LogP contribution in [0, 0.1) is 6.92 Å². The molecule has 9 rings (SSSR count). The van der Waals surface area contributed by atoms with Crippen molar-refractivity contribution in [3.05, 3.63) is 127 Å². The molecule has 0 fully saturated rings. The molecule has 55 heavy (non-hydrogen) atoms. The topological polar surface area (TPSA) is 0 Å². The summed E-state index contributed by atoms with van der Waals surface area (Å²) in [7, 11) is 55.0. The molecule has 0 bridgehead atoms. The fourth-order valence-corrected chi connectivity index (χ4v) is 8.44. The van der Waals surface area contributed by atoms with Crippen molar-refractivity contribution in [1.29, 1.82) is 0 Å². The first-order valence-corrected chi connectivity index (χ1v) is 18.0. The zero-order chi connectivity index (χ0) is 38.4. The van der Waals surface area contributed by atoms with E-state index in [2.05, 4.69) is 86.3 Å². The molecule has 0 heterocycles. The van der Waals surface area contributed by atoms with Gasteiger partial charge < -0.3 is 0 Å². The van der Waals surface area contributed by atoms with Gasteiger partial charge in [-0.1, -0.05) is 126 Å². The highest BCUT2D eigenvalue weighted by Crippen LogP contribution is 2.44. The van der Waals surface area contributed by atoms with Gasteiger partial charge in [-0.3, -0.25) is 0 Å². The summed E-state index contributed by atoms with van der Waals surface area (Å²) in [6.07, 6.45) is 1.85. The van der Waals surface area contributed by atoms with Gasteiger partial charge in [0, 0.05) is 0 Å². The lowest BCUT2D eigenvalue weighted by Crippen LogP contribution is -2.50. The third-order valence-corrected chi connectivity index (χ3v) is 11.3. The van der Waals surface area contributed by atoms with E-state index in [-0.39, 0.29) is 43.7 Å². The average Bonchev–Trinajstić information content (AvgIpc) is 3.21. The molecule has 0 nitrogen and oxygen atoms in total. The predicted octanol–water partition coefficient (Wildman–Crippen LogP) is 3.76. The molecule has 0 aliphatic heterocycles. The van der Waals surface area contributed by atoms with Crippen LogP contribution >= 0.6 is 0 Å². The van der Waals surface area contributed by atoms with Gasteiger partial charge in [0.1, 0.15) is 62.8 Å². The minimum atomic E-state index is 0.175. The minimum absolute atomic E-state index is 0.175. The zero-order valence-corrected chi connectivity index (χ0v) is 30.3. The Morgan fingerprint density at radius 3 is 1.55 bits per heavy atom. The van der Waals surface area contributed by atoms with E-state index in [9.17, 15) is 0 Å². The van der Waals surface area contributed by atoms with Crippen molar-refractivity contribution in [3.63, 3.8) is 0 Å². The van der Waals surface area contributed by atoms with Gasteiger partial charge in [-0.25, -0.2) is 0 Å². The maximum atomic E-state index is 7.09. The van der Waals surface area contributed by atoms with Gasteiger partial charge >= 0.3 is 0 Å². The summed E-state index contributed by atoms with van der Waals surface area (Å²) in [6, 6.07) is 37.7.